The van der Waals surface area contributed by atoms with E-state index in [0.717, 1.165) is 17.7 Å². The van der Waals surface area contributed by atoms with Crippen LogP contribution in [0.15, 0.2) is 35.2 Å². The van der Waals surface area contributed by atoms with Gasteiger partial charge in [-0.25, -0.2) is 0 Å². The fourth-order valence-corrected chi connectivity index (χ4v) is 2.38. The van der Waals surface area contributed by atoms with Crippen molar-refractivity contribution in [2.75, 3.05) is 5.75 Å². The average molecular weight is 282 g/mol. The van der Waals surface area contributed by atoms with E-state index in [9.17, 15) is 4.79 Å². The highest BCUT2D eigenvalue weighted by molar-refractivity contribution is 8.00. The first-order valence-corrected chi connectivity index (χ1v) is 7.29. The van der Waals surface area contributed by atoms with Gasteiger partial charge in [-0.3, -0.25) is 4.79 Å². The predicted octanol–water partition coefficient (Wildman–Crippen LogP) is 2.35. The van der Waals surface area contributed by atoms with Gasteiger partial charge in [0.1, 0.15) is 0 Å². The van der Waals surface area contributed by atoms with Gasteiger partial charge in [0, 0.05) is 4.90 Å². The maximum Gasteiger partial charge on any atom is 0.230 e. The number of hydrogen-bond donors (Lipinski definition) is 2. The minimum absolute atomic E-state index is 0.0323. The first-order valence-electron chi connectivity index (χ1n) is 5.90. The van der Waals surface area contributed by atoms with Gasteiger partial charge in [0.05, 0.1) is 16.8 Å². The maximum atomic E-state index is 11.8. The van der Waals surface area contributed by atoms with Gasteiger partial charge in [0.2, 0.25) is 5.91 Å². The first kappa shape index (κ1) is 15.0. The van der Waals surface area contributed by atoms with Crippen LogP contribution in [0.25, 0.3) is 0 Å². The summed E-state index contributed by atoms with van der Waals surface area (Å²) >= 11 is 6.44. The number of thioether (sulfide) groups is 1. The number of carbonyl (C=O) groups is 1. The second kappa shape index (κ2) is 8.11. The maximum absolute atomic E-state index is 11.8. The highest BCUT2D eigenvalue weighted by Crippen LogP contribution is 2.16. The van der Waals surface area contributed by atoms with Gasteiger partial charge in [-0.15, -0.1) is 11.8 Å². The van der Waals surface area contributed by atoms with Crippen molar-refractivity contribution < 1.29 is 4.79 Å². The third-order valence-corrected chi connectivity index (χ3v) is 3.67. The Bertz CT molecular complexity index is 395. The van der Waals surface area contributed by atoms with E-state index in [1.807, 2.05) is 37.3 Å². The molecule has 1 aromatic rings. The van der Waals surface area contributed by atoms with Gasteiger partial charge in [-0.1, -0.05) is 43.8 Å². The Kier molecular flexibility index (Phi) is 6.75. The molecule has 0 saturated carbocycles. The second-order valence-corrected chi connectivity index (χ2v) is 5.43. The Morgan fingerprint density at radius 3 is 2.67 bits per heavy atom. The van der Waals surface area contributed by atoms with Crippen molar-refractivity contribution in [1.82, 2.24) is 5.32 Å². The third kappa shape index (κ3) is 5.51. The Labute approximate surface area is 118 Å². The molecule has 0 heterocycles. The summed E-state index contributed by atoms with van der Waals surface area (Å²) in [7, 11) is 0. The summed E-state index contributed by atoms with van der Waals surface area (Å²) in [4.78, 5) is 13.2. The minimum atomic E-state index is -0.186. The van der Waals surface area contributed by atoms with E-state index >= 15 is 0 Å². The van der Waals surface area contributed by atoms with Crippen molar-refractivity contribution in [2.24, 2.45) is 5.73 Å². The topological polar surface area (TPSA) is 55.1 Å². The summed E-state index contributed by atoms with van der Waals surface area (Å²) in [5.41, 5.74) is 5.59. The Morgan fingerprint density at radius 1 is 1.44 bits per heavy atom. The molecule has 1 unspecified atom stereocenters. The standard InChI is InChI=1S/C13H18N2OS2/c1-2-6-11(13(14)17)15-12(16)9-18-10-7-4-3-5-8-10/h3-5,7-8,11H,2,6,9H2,1H3,(H2,14,17)(H,15,16). The van der Waals surface area contributed by atoms with Crippen molar-refractivity contribution in [3.8, 4) is 0 Å². The smallest absolute Gasteiger partial charge is 0.230 e. The lowest BCUT2D eigenvalue weighted by Crippen LogP contribution is -2.44. The quantitative estimate of drug-likeness (QED) is 0.595. The third-order valence-electron chi connectivity index (χ3n) is 2.37. The minimum Gasteiger partial charge on any atom is -0.392 e. The molecule has 0 aliphatic rings. The average Bonchev–Trinajstić information content (AvgIpc) is 2.37. The van der Waals surface area contributed by atoms with Crippen LogP contribution in [0, 0.1) is 0 Å². The molecule has 5 heteroatoms. The van der Waals surface area contributed by atoms with Crippen molar-refractivity contribution >= 4 is 34.9 Å². The molecule has 1 atom stereocenters. The van der Waals surface area contributed by atoms with E-state index in [4.69, 9.17) is 18.0 Å². The molecule has 0 saturated heterocycles. The van der Waals surface area contributed by atoms with Crippen LogP contribution in [0.5, 0.6) is 0 Å². The summed E-state index contributed by atoms with van der Waals surface area (Å²) < 4.78 is 0. The summed E-state index contributed by atoms with van der Waals surface area (Å²) in [5, 5.41) is 2.86. The number of benzene rings is 1. The molecule has 0 aliphatic carbocycles. The molecule has 0 fully saturated rings. The van der Waals surface area contributed by atoms with E-state index < -0.39 is 0 Å². The van der Waals surface area contributed by atoms with E-state index in [0.29, 0.717) is 10.7 Å². The van der Waals surface area contributed by atoms with Crippen LogP contribution in [0.2, 0.25) is 0 Å². The van der Waals surface area contributed by atoms with Gasteiger partial charge >= 0.3 is 0 Å². The number of rotatable bonds is 7. The molecule has 0 aliphatic heterocycles. The van der Waals surface area contributed by atoms with Crippen LogP contribution in [0.3, 0.4) is 0 Å². The van der Waals surface area contributed by atoms with E-state index in [1.54, 1.807) is 0 Å². The molecule has 98 valence electrons. The molecule has 0 bridgehead atoms. The molecule has 3 nitrogen and oxygen atoms in total. The lowest BCUT2D eigenvalue weighted by Gasteiger charge is -2.16. The lowest BCUT2D eigenvalue weighted by molar-refractivity contribution is -0.118. The van der Waals surface area contributed by atoms with E-state index in [-0.39, 0.29) is 11.9 Å². The van der Waals surface area contributed by atoms with Crippen LogP contribution >= 0.6 is 24.0 Å². The zero-order valence-corrected chi connectivity index (χ0v) is 12.0. The molecule has 0 spiro atoms. The molecule has 1 aromatic carbocycles. The number of hydrogen-bond acceptors (Lipinski definition) is 3. The second-order valence-electron chi connectivity index (χ2n) is 3.91. The van der Waals surface area contributed by atoms with Crippen LogP contribution < -0.4 is 11.1 Å². The number of nitrogens with two attached hydrogens (primary N) is 1. The Hall–Kier alpha value is -1.07. The van der Waals surface area contributed by atoms with Crippen molar-refractivity contribution in [2.45, 2.75) is 30.7 Å². The molecule has 1 amide bonds. The number of nitrogens with one attached hydrogen (secondary N) is 1. The predicted molar refractivity (Wildman–Crippen MR) is 80.8 cm³/mol. The number of carbonyl (C=O) groups excluding carboxylic acids is 1. The van der Waals surface area contributed by atoms with E-state index in [2.05, 4.69) is 5.32 Å². The summed E-state index contributed by atoms with van der Waals surface area (Å²) in [5.74, 6) is 0.349. The summed E-state index contributed by atoms with van der Waals surface area (Å²) in [6.07, 6.45) is 1.73. The van der Waals surface area contributed by atoms with Crippen molar-refractivity contribution in [3.05, 3.63) is 30.3 Å². The Balaban J connectivity index is 2.39. The number of thiocarbonyl (C=S) groups is 1. The summed E-state index contributed by atoms with van der Waals surface area (Å²) in [6, 6.07) is 9.64. The fraction of sp³-hybridized carbons (Fsp3) is 0.385. The molecular weight excluding hydrogens is 264 g/mol. The molecule has 0 aromatic heterocycles. The molecule has 3 N–H and O–H groups in total. The van der Waals surface area contributed by atoms with E-state index in [1.165, 1.54) is 11.8 Å². The largest absolute Gasteiger partial charge is 0.392 e. The normalized spacial score (nSPS) is 11.8. The molecule has 1 rings (SSSR count). The van der Waals surface area contributed by atoms with Gasteiger partial charge in [-0.05, 0) is 18.6 Å². The summed E-state index contributed by atoms with van der Waals surface area (Å²) in [6.45, 7) is 2.04. The number of amides is 1. The van der Waals surface area contributed by atoms with Crippen LogP contribution in [0.4, 0.5) is 0 Å². The van der Waals surface area contributed by atoms with Gasteiger partial charge in [0.15, 0.2) is 0 Å². The molecule has 0 radical (unpaired) electrons. The Morgan fingerprint density at radius 2 is 2.11 bits per heavy atom. The van der Waals surface area contributed by atoms with Gasteiger partial charge in [0.25, 0.3) is 0 Å². The fourth-order valence-electron chi connectivity index (χ4n) is 1.48. The monoisotopic (exact) mass is 282 g/mol. The van der Waals surface area contributed by atoms with Crippen LogP contribution in [-0.2, 0) is 4.79 Å². The first-order chi connectivity index (χ1) is 8.63. The lowest BCUT2D eigenvalue weighted by atomic mass is 10.1. The zero-order chi connectivity index (χ0) is 13.4. The van der Waals surface area contributed by atoms with Crippen LogP contribution in [-0.4, -0.2) is 22.7 Å². The molecular formula is C13H18N2OS2. The zero-order valence-electron chi connectivity index (χ0n) is 10.4. The molecule has 18 heavy (non-hydrogen) atoms. The van der Waals surface area contributed by atoms with Crippen LogP contribution in [0.1, 0.15) is 19.8 Å². The van der Waals surface area contributed by atoms with Crippen molar-refractivity contribution in [3.63, 3.8) is 0 Å². The van der Waals surface area contributed by atoms with Gasteiger partial charge in [-0.2, -0.15) is 0 Å². The SMILES string of the molecule is CCCC(NC(=O)CSc1ccccc1)C(N)=S. The highest BCUT2D eigenvalue weighted by Gasteiger charge is 2.13. The van der Waals surface area contributed by atoms with Crippen molar-refractivity contribution in [1.29, 1.82) is 0 Å². The van der Waals surface area contributed by atoms with Gasteiger partial charge < -0.3 is 11.1 Å². The highest BCUT2D eigenvalue weighted by atomic mass is 32.2.